The first-order valence-electron chi connectivity index (χ1n) is 16.5. The third-order valence-electron chi connectivity index (χ3n) is 8.01. The standard InChI is InChI=1S/C38H39N3O9S/c39-24-28-13-14-35(51-28)36(42)40-15-16-46-17-18-47-19-20-48-21-22-49-27-11-9-26(10-12-27)23-34(37(43)44)41-38(45)50-25-33-31-7-3-1-5-29(31)30-6-2-4-8-32(30)33/h1-14,33-34H,15-23,25H2,(H,40,42)(H,41,45)(H,43,44). The summed E-state index contributed by atoms with van der Waals surface area (Å²) in [6, 6.07) is 27.1. The molecule has 4 aromatic rings. The molecule has 1 atom stereocenters. The van der Waals surface area contributed by atoms with Gasteiger partial charge in [0.15, 0.2) is 0 Å². The Balaban J connectivity index is 0.906. The molecule has 1 heterocycles. The van der Waals surface area contributed by atoms with Crippen LogP contribution in [-0.4, -0.2) is 88.5 Å². The van der Waals surface area contributed by atoms with Crippen LogP contribution in [0.15, 0.2) is 84.9 Å². The summed E-state index contributed by atoms with van der Waals surface area (Å²) < 4.78 is 27.7. The molecule has 1 aliphatic carbocycles. The van der Waals surface area contributed by atoms with Crippen LogP contribution in [0.5, 0.6) is 5.75 Å². The van der Waals surface area contributed by atoms with Crippen LogP contribution >= 0.6 is 11.3 Å². The lowest BCUT2D eigenvalue weighted by atomic mass is 9.98. The van der Waals surface area contributed by atoms with Gasteiger partial charge in [0.25, 0.3) is 5.91 Å². The molecule has 1 unspecified atom stereocenters. The fourth-order valence-corrected chi connectivity index (χ4v) is 6.26. The molecule has 0 spiro atoms. The predicted molar refractivity (Wildman–Crippen MR) is 189 cm³/mol. The first-order valence-corrected chi connectivity index (χ1v) is 17.3. The second-order valence-corrected chi connectivity index (χ2v) is 12.5. The van der Waals surface area contributed by atoms with Crippen molar-refractivity contribution in [3.63, 3.8) is 0 Å². The van der Waals surface area contributed by atoms with E-state index in [2.05, 4.69) is 10.6 Å². The monoisotopic (exact) mass is 713 g/mol. The highest BCUT2D eigenvalue weighted by Crippen LogP contribution is 2.44. The number of nitriles is 1. The van der Waals surface area contributed by atoms with E-state index in [-0.39, 0.29) is 24.9 Å². The number of benzene rings is 3. The van der Waals surface area contributed by atoms with Gasteiger partial charge in [0, 0.05) is 18.9 Å². The summed E-state index contributed by atoms with van der Waals surface area (Å²) in [5.41, 5.74) is 5.09. The van der Waals surface area contributed by atoms with Crippen LogP contribution in [0.3, 0.4) is 0 Å². The van der Waals surface area contributed by atoms with Crippen molar-refractivity contribution in [3.8, 4) is 22.9 Å². The van der Waals surface area contributed by atoms with Crippen LogP contribution in [-0.2, 0) is 30.2 Å². The summed E-state index contributed by atoms with van der Waals surface area (Å²) in [4.78, 5) is 37.6. The average molecular weight is 714 g/mol. The molecule has 1 aromatic heterocycles. The zero-order valence-corrected chi connectivity index (χ0v) is 28.7. The Bertz CT molecular complexity index is 1760. The number of carbonyl (C=O) groups excluding carboxylic acids is 2. The van der Waals surface area contributed by atoms with Crippen LogP contribution in [0, 0.1) is 11.3 Å². The van der Waals surface area contributed by atoms with E-state index in [1.165, 1.54) is 0 Å². The quantitative estimate of drug-likeness (QED) is 0.106. The topological polar surface area (TPSA) is 165 Å². The van der Waals surface area contributed by atoms with Gasteiger partial charge in [-0.15, -0.1) is 11.3 Å². The fourth-order valence-electron chi connectivity index (χ4n) is 5.54. The van der Waals surface area contributed by atoms with Crippen LogP contribution in [0.4, 0.5) is 4.79 Å². The molecule has 0 radical (unpaired) electrons. The molecule has 1 aliphatic rings. The number of fused-ring (bicyclic) bond motifs is 3. The van der Waals surface area contributed by atoms with Crippen molar-refractivity contribution in [2.75, 3.05) is 59.4 Å². The molecule has 0 fully saturated rings. The molecule has 0 bridgehead atoms. The Hall–Kier alpha value is -5.26. The molecule has 51 heavy (non-hydrogen) atoms. The number of rotatable bonds is 20. The zero-order chi connectivity index (χ0) is 35.8. The van der Waals surface area contributed by atoms with Crippen LogP contribution in [0.2, 0.25) is 0 Å². The molecule has 0 aliphatic heterocycles. The highest BCUT2D eigenvalue weighted by molar-refractivity contribution is 7.14. The van der Waals surface area contributed by atoms with Crippen molar-refractivity contribution in [2.24, 2.45) is 0 Å². The minimum Gasteiger partial charge on any atom is -0.491 e. The van der Waals surface area contributed by atoms with Crippen molar-refractivity contribution >= 4 is 29.3 Å². The van der Waals surface area contributed by atoms with E-state index < -0.39 is 18.1 Å². The molecule has 2 amide bonds. The summed E-state index contributed by atoms with van der Waals surface area (Å²) in [6.07, 6.45) is -0.710. The number of aliphatic carboxylic acids is 1. The van der Waals surface area contributed by atoms with Crippen LogP contribution < -0.4 is 15.4 Å². The third kappa shape index (κ3) is 10.9. The van der Waals surface area contributed by atoms with Gasteiger partial charge in [-0.3, -0.25) is 4.79 Å². The summed E-state index contributed by atoms with van der Waals surface area (Å²) >= 11 is 1.15. The summed E-state index contributed by atoms with van der Waals surface area (Å²) in [6.45, 7) is 3.02. The van der Waals surface area contributed by atoms with Gasteiger partial charge in [-0.05, 0) is 52.1 Å². The summed E-state index contributed by atoms with van der Waals surface area (Å²) in [7, 11) is 0. The van der Waals surface area contributed by atoms with E-state index >= 15 is 0 Å². The number of carbonyl (C=O) groups is 3. The molecule has 3 aromatic carbocycles. The number of carboxylic acid groups (broad SMARTS) is 1. The second kappa shape index (κ2) is 19.2. The molecule has 0 saturated carbocycles. The maximum absolute atomic E-state index is 12.7. The van der Waals surface area contributed by atoms with E-state index in [1.807, 2.05) is 54.6 Å². The first kappa shape index (κ1) is 37.0. The first-order chi connectivity index (χ1) is 24.9. The Morgan fingerprint density at radius 1 is 0.784 bits per heavy atom. The lowest BCUT2D eigenvalue weighted by Crippen LogP contribution is -2.42. The zero-order valence-electron chi connectivity index (χ0n) is 27.9. The lowest BCUT2D eigenvalue weighted by molar-refractivity contribution is -0.139. The largest absolute Gasteiger partial charge is 0.491 e. The maximum atomic E-state index is 12.7. The number of carboxylic acids is 1. The molecule has 266 valence electrons. The maximum Gasteiger partial charge on any atom is 0.407 e. The van der Waals surface area contributed by atoms with Gasteiger partial charge in [-0.1, -0.05) is 60.7 Å². The molecule has 3 N–H and O–H groups in total. The van der Waals surface area contributed by atoms with Gasteiger partial charge in [0.05, 0.1) is 44.5 Å². The van der Waals surface area contributed by atoms with E-state index in [0.717, 1.165) is 33.6 Å². The molecule has 5 rings (SSSR count). The predicted octanol–water partition coefficient (Wildman–Crippen LogP) is 5.01. The third-order valence-corrected chi connectivity index (χ3v) is 9.00. The van der Waals surface area contributed by atoms with Gasteiger partial charge < -0.3 is 39.4 Å². The Kier molecular flexibility index (Phi) is 13.9. The minimum absolute atomic E-state index is 0.0744. The number of thiophene rings is 1. The summed E-state index contributed by atoms with van der Waals surface area (Å²) in [5.74, 6) is -0.913. The number of hydrogen-bond donors (Lipinski definition) is 3. The number of amides is 2. The van der Waals surface area contributed by atoms with Crippen LogP contribution in [0.25, 0.3) is 11.1 Å². The Labute approximate surface area is 299 Å². The number of alkyl carbamates (subject to hydrolysis) is 1. The normalized spacial score (nSPS) is 12.3. The highest BCUT2D eigenvalue weighted by Gasteiger charge is 2.30. The van der Waals surface area contributed by atoms with Gasteiger partial charge in [0.1, 0.15) is 36.0 Å². The molecular weight excluding hydrogens is 674 g/mol. The lowest BCUT2D eigenvalue weighted by Gasteiger charge is -2.17. The van der Waals surface area contributed by atoms with E-state index in [4.69, 9.17) is 28.9 Å². The SMILES string of the molecule is N#Cc1ccc(C(=O)NCCOCCOCCOCCOc2ccc(CC(NC(=O)OCC3c4ccccc4-c4ccccc43)C(=O)O)cc2)s1. The fraction of sp³-hybridized carbons (Fsp3) is 0.316. The molecule has 13 heteroatoms. The second-order valence-electron chi connectivity index (χ2n) is 11.4. The average Bonchev–Trinajstić information content (AvgIpc) is 3.76. The van der Waals surface area contributed by atoms with Gasteiger partial charge in [-0.2, -0.15) is 5.26 Å². The van der Waals surface area contributed by atoms with Gasteiger partial charge >= 0.3 is 12.1 Å². The van der Waals surface area contributed by atoms with Crippen molar-refractivity contribution in [1.82, 2.24) is 10.6 Å². The van der Waals surface area contributed by atoms with Gasteiger partial charge in [0.2, 0.25) is 0 Å². The van der Waals surface area contributed by atoms with E-state index in [1.54, 1.807) is 36.4 Å². The van der Waals surface area contributed by atoms with Crippen molar-refractivity contribution < 1.29 is 43.2 Å². The number of nitrogens with one attached hydrogen (secondary N) is 2. The highest BCUT2D eigenvalue weighted by atomic mass is 32.1. The number of ether oxygens (including phenoxy) is 5. The van der Waals surface area contributed by atoms with E-state index in [0.29, 0.717) is 73.9 Å². The van der Waals surface area contributed by atoms with E-state index in [9.17, 15) is 19.5 Å². The Morgan fingerprint density at radius 3 is 2.00 bits per heavy atom. The molecule has 0 saturated heterocycles. The van der Waals surface area contributed by atoms with Gasteiger partial charge in [-0.25, -0.2) is 9.59 Å². The van der Waals surface area contributed by atoms with Crippen LogP contribution in [0.1, 0.15) is 37.2 Å². The van der Waals surface area contributed by atoms with Crippen molar-refractivity contribution in [3.05, 3.63) is 111 Å². The summed E-state index contributed by atoms with van der Waals surface area (Å²) in [5, 5.41) is 23.8. The number of hydrogen-bond acceptors (Lipinski definition) is 10. The molecular formula is C38H39N3O9S. The Morgan fingerprint density at radius 2 is 1.39 bits per heavy atom. The van der Waals surface area contributed by atoms with Crippen molar-refractivity contribution in [2.45, 2.75) is 18.4 Å². The minimum atomic E-state index is -1.17. The smallest absolute Gasteiger partial charge is 0.407 e. The number of nitrogens with zero attached hydrogens (tertiary/aromatic N) is 1. The van der Waals surface area contributed by atoms with Crippen molar-refractivity contribution in [1.29, 1.82) is 5.26 Å². The molecule has 12 nitrogen and oxygen atoms in total.